The second-order valence-corrected chi connectivity index (χ2v) is 8.30. The first kappa shape index (κ1) is 23.0. The minimum atomic E-state index is -0.508. The lowest BCUT2D eigenvalue weighted by atomic mass is 9.99. The number of nitriles is 1. The van der Waals surface area contributed by atoms with Gasteiger partial charge in [-0.05, 0) is 58.2 Å². The van der Waals surface area contributed by atoms with Gasteiger partial charge in [0.25, 0.3) is 0 Å². The molecule has 0 bridgehead atoms. The van der Waals surface area contributed by atoms with Crippen molar-refractivity contribution in [1.29, 1.82) is 5.26 Å². The quantitative estimate of drug-likeness (QED) is 0.670. The highest BCUT2D eigenvalue weighted by molar-refractivity contribution is 5.67. The number of alkyl carbamates (subject to hydrolysis) is 1. The Kier molecular flexibility index (Phi) is 8.74. The smallest absolute Gasteiger partial charge is 0.407 e. The third-order valence-electron chi connectivity index (χ3n) is 4.83. The monoisotopic (exact) mass is 403 g/mol. The molecule has 0 saturated carbocycles. The van der Waals surface area contributed by atoms with Crippen molar-refractivity contribution in [2.45, 2.75) is 57.8 Å². The third-order valence-corrected chi connectivity index (χ3v) is 4.83. The van der Waals surface area contributed by atoms with Crippen molar-refractivity contribution in [3.63, 3.8) is 0 Å². The Morgan fingerprint density at radius 1 is 1.38 bits per heavy atom. The first-order chi connectivity index (χ1) is 13.8. The Balaban J connectivity index is 1.81. The zero-order chi connectivity index (χ0) is 21.3. The molecule has 29 heavy (non-hydrogen) atoms. The summed E-state index contributed by atoms with van der Waals surface area (Å²) in [7, 11) is 1.74. The van der Waals surface area contributed by atoms with Gasteiger partial charge < -0.3 is 19.5 Å². The van der Waals surface area contributed by atoms with E-state index in [-0.39, 0.29) is 12.1 Å². The maximum atomic E-state index is 12.0. The first-order valence-corrected chi connectivity index (χ1v) is 10.2. The molecule has 1 aromatic rings. The summed E-state index contributed by atoms with van der Waals surface area (Å²) in [5, 5.41) is 11.9. The van der Waals surface area contributed by atoms with Crippen LogP contribution in [-0.2, 0) is 9.47 Å². The van der Waals surface area contributed by atoms with E-state index >= 15 is 0 Å². The summed E-state index contributed by atoms with van der Waals surface area (Å²) in [5.41, 5.74) is 0.0865. The number of nitrogens with one attached hydrogen (secondary N) is 1. The van der Waals surface area contributed by atoms with Crippen molar-refractivity contribution in [2.24, 2.45) is 0 Å². The van der Waals surface area contributed by atoms with Crippen LogP contribution in [0.25, 0.3) is 0 Å². The van der Waals surface area contributed by atoms with Crippen LogP contribution in [0.2, 0.25) is 0 Å². The number of methoxy groups -OCH3 is 1. The van der Waals surface area contributed by atoms with Crippen LogP contribution in [0.3, 0.4) is 0 Å². The SMILES string of the molecule is CO[C@@H]1CCN(CCCOc2cccc(C#N)c2)[C@H](CNC(=O)OC(C)(C)C)C1. The van der Waals surface area contributed by atoms with E-state index in [4.69, 9.17) is 19.5 Å². The molecule has 0 aromatic heterocycles. The molecule has 2 atom stereocenters. The van der Waals surface area contributed by atoms with Crippen LogP contribution in [0, 0.1) is 11.3 Å². The Labute approximate surface area is 173 Å². The number of likely N-dealkylation sites (tertiary alicyclic amines) is 1. The lowest BCUT2D eigenvalue weighted by Gasteiger charge is -2.39. The van der Waals surface area contributed by atoms with Crippen LogP contribution in [0.15, 0.2) is 24.3 Å². The van der Waals surface area contributed by atoms with Crippen molar-refractivity contribution >= 4 is 6.09 Å². The third kappa shape index (κ3) is 8.30. The normalized spacial score (nSPS) is 20.0. The highest BCUT2D eigenvalue weighted by Crippen LogP contribution is 2.20. The summed E-state index contributed by atoms with van der Waals surface area (Å²) in [6.45, 7) is 8.45. The van der Waals surface area contributed by atoms with Gasteiger partial charge in [0.05, 0.1) is 24.3 Å². The van der Waals surface area contributed by atoms with Gasteiger partial charge in [0.15, 0.2) is 0 Å². The summed E-state index contributed by atoms with van der Waals surface area (Å²) < 4.78 is 16.7. The van der Waals surface area contributed by atoms with Crippen molar-refractivity contribution < 1.29 is 19.0 Å². The zero-order valence-electron chi connectivity index (χ0n) is 17.9. The van der Waals surface area contributed by atoms with E-state index in [1.54, 1.807) is 19.2 Å². The molecule has 1 aromatic carbocycles. The molecule has 0 unspecified atom stereocenters. The van der Waals surface area contributed by atoms with Gasteiger partial charge in [-0.3, -0.25) is 4.90 Å². The number of piperidine rings is 1. The lowest BCUT2D eigenvalue weighted by Crippen LogP contribution is -2.51. The molecule has 0 spiro atoms. The number of hydrogen-bond acceptors (Lipinski definition) is 6. The minimum absolute atomic E-state index is 0.197. The van der Waals surface area contributed by atoms with Gasteiger partial charge in [0.2, 0.25) is 0 Å². The molecule has 1 saturated heterocycles. The molecule has 1 amide bonds. The van der Waals surface area contributed by atoms with Gasteiger partial charge >= 0.3 is 6.09 Å². The second kappa shape index (κ2) is 11.0. The van der Waals surface area contributed by atoms with E-state index in [2.05, 4.69) is 16.3 Å². The minimum Gasteiger partial charge on any atom is -0.494 e. The fraction of sp³-hybridized carbons (Fsp3) is 0.636. The number of hydrogen-bond donors (Lipinski definition) is 1. The number of ether oxygens (including phenoxy) is 3. The van der Waals surface area contributed by atoms with Crippen LogP contribution < -0.4 is 10.1 Å². The number of nitrogens with zero attached hydrogens (tertiary/aromatic N) is 2. The number of amides is 1. The maximum absolute atomic E-state index is 12.0. The molecule has 1 aliphatic heterocycles. The van der Waals surface area contributed by atoms with Gasteiger partial charge in [-0.15, -0.1) is 0 Å². The summed E-state index contributed by atoms with van der Waals surface area (Å²) in [6, 6.07) is 9.50. The van der Waals surface area contributed by atoms with E-state index in [0.29, 0.717) is 24.5 Å². The molecule has 1 heterocycles. The Morgan fingerprint density at radius 2 is 2.17 bits per heavy atom. The van der Waals surface area contributed by atoms with Crippen molar-refractivity contribution in [1.82, 2.24) is 10.2 Å². The fourth-order valence-corrected chi connectivity index (χ4v) is 3.41. The van der Waals surface area contributed by atoms with E-state index < -0.39 is 11.7 Å². The molecular formula is C22H33N3O4. The van der Waals surface area contributed by atoms with Crippen LogP contribution in [0.4, 0.5) is 4.79 Å². The van der Waals surface area contributed by atoms with Crippen molar-refractivity contribution in [2.75, 3.05) is 33.4 Å². The number of rotatable bonds is 8. The summed E-state index contributed by atoms with van der Waals surface area (Å²) >= 11 is 0. The van der Waals surface area contributed by atoms with Crippen LogP contribution in [0.5, 0.6) is 5.75 Å². The second-order valence-electron chi connectivity index (χ2n) is 8.30. The summed E-state index contributed by atoms with van der Waals surface area (Å²) in [5.74, 6) is 0.713. The van der Waals surface area contributed by atoms with Gasteiger partial charge in [0.1, 0.15) is 11.4 Å². The molecular weight excluding hydrogens is 370 g/mol. The van der Waals surface area contributed by atoms with E-state index in [1.807, 2.05) is 32.9 Å². The molecule has 0 aliphatic carbocycles. The van der Waals surface area contributed by atoms with Crippen LogP contribution in [-0.4, -0.2) is 62.1 Å². The Bertz CT molecular complexity index is 696. The van der Waals surface area contributed by atoms with E-state index in [0.717, 1.165) is 32.4 Å². The van der Waals surface area contributed by atoms with Crippen molar-refractivity contribution in [3.05, 3.63) is 29.8 Å². The number of benzene rings is 1. The largest absolute Gasteiger partial charge is 0.494 e. The van der Waals surface area contributed by atoms with Crippen LogP contribution >= 0.6 is 0 Å². The molecule has 160 valence electrons. The average molecular weight is 404 g/mol. The van der Waals surface area contributed by atoms with Crippen LogP contribution in [0.1, 0.15) is 45.6 Å². The van der Waals surface area contributed by atoms with Gasteiger partial charge in [-0.25, -0.2) is 4.79 Å². The summed E-state index contributed by atoms with van der Waals surface area (Å²) in [4.78, 5) is 14.4. The number of carbonyl (C=O) groups is 1. The summed E-state index contributed by atoms with van der Waals surface area (Å²) in [6.07, 6.45) is 2.53. The topological polar surface area (TPSA) is 83.8 Å². The average Bonchev–Trinajstić information content (AvgIpc) is 2.69. The van der Waals surface area contributed by atoms with E-state index in [9.17, 15) is 4.79 Å². The first-order valence-electron chi connectivity index (χ1n) is 10.2. The van der Waals surface area contributed by atoms with E-state index in [1.165, 1.54) is 0 Å². The molecule has 7 heteroatoms. The molecule has 0 radical (unpaired) electrons. The molecule has 2 rings (SSSR count). The number of carbonyl (C=O) groups excluding carboxylic acids is 1. The highest BCUT2D eigenvalue weighted by atomic mass is 16.6. The van der Waals surface area contributed by atoms with Gasteiger partial charge in [-0.2, -0.15) is 5.26 Å². The van der Waals surface area contributed by atoms with Gasteiger partial charge in [-0.1, -0.05) is 6.07 Å². The fourth-order valence-electron chi connectivity index (χ4n) is 3.41. The standard InChI is InChI=1S/C22H33N3O4/c1-22(2,3)29-21(26)24-16-18-14-19(27-4)9-11-25(18)10-6-12-28-20-8-5-7-17(13-20)15-23/h5,7-8,13,18-19H,6,9-12,14,16H2,1-4H3,(H,24,26)/t18-,19+/m0/s1. The van der Waals surface area contributed by atoms with Crippen molar-refractivity contribution in [3.8, 4) is 11.8 Å². The van der Waals surface area contributed by atoms with Gasteiger partial charge in [0, 0.05) is 32.8 Å². The Morgan fingerprint density at radius 3 is 2.86 bits per heavy atom. The predicted molar refractivity (Wildman–Crippen MR) is 111 cm³/mol. The maximum Gasteiger partial charge on any atom is 0.407 e. The molecule has 7 nitrogen and oxygen atoms in total. The molecule has 1 aliphatic rings. The zero-order valence-corrected chi connectivity index (χ0v) is 17.9. The molecule has 1 N–H and O–H groups in total. The highest BCUT2D eigenvalue weighted by Gasteiger charge is 2.29. The lowest BCUT2D eigenvalue weighted by molar-refractivity contribution is 0.00712. The predicted octanol–water partition coefficient (Wildman–Crippen LogP) is 3.33. The molecule has 1 fully saturated rings. The Hall–Kier alpha value is -2.30.